The van der Waals surface area contributed by atoms with Gasteiger partial charge in [-0.25, -0.2) is 0 Å². The molecule has 0 unspecified atom stereocenters. The van der Waals surface area contributed by atoms with Crippen LogP contribution in [0.3, 0.4) is 0 Å². The van der Waals surface area contributed by atoms with Crippen molar-refractivity contribution in [2.45, 2.75) is 13.3 Å². The number of para-hydroxylation sites is 2. The SMILES string of the molecule is CCc1ccccc1NC(=O)CN1CCN(C(=O)/C=C/c2cc3ccccc3o2)CC1. The molecule has 6 heteroatoms. The summed E-state index contributed by atoms with van der Waals surface area (Å²) in [7, 11) is 0. The lowest BCUT2D eigenvalue weighted by Gasteiger charge is -2.33. The summed E-state index contributed by atoms with van der Waals surface area (Å²) in [5.74, 6) is 0.601. The maximum absolute atomic E-state index is 12.5. The molecule has 2 heterocycles. The summed E-state index contributed by atoms with van der Waals surface area (Å²) < 4.78 is 5.72. The third kappa shape index (κ3) is 5.22. The zero-order valence-electron chi connectivity index (χ0n) is 17.7. The maximum atomic E-state index is 12.5. The van der Waals surface area contributed by atoms with E-state index in [2.05, 4.69) is 17.1 Å². The topological polar surface area (TPSA) is 65.8 Å². The van der Waals surface area contributed by atoms with Gasteiger partial charge in [0.25, 0.3) is 0 Å². The summed E-state index contributed by atoms with van der Waals surface area (Å²) in [6, 6.07) is 17.6. The van der Waals surface area contributed by atoms with Crippen molar-refractivity contribution in [3.8, 4) is 0 Å². The van der Waals surface area contributed by atoms with Crippen LogP contribution in [-0.2, 0) is 16.0 Å². The number of amides is 2. The highest BCUT2D eigenvalue weighted by Crippen LogP contribution is 2.20. The first-order valence-corrected chi connectivity index (χ1v) is 10.7. The summed E-state index contributed by atoms with van der Waals surface area (Å²) in [4.78, 5) is 28.9. The van der Waals surface area contributed by atoms with Crippen LogP contribution in [0.5, 0.6) is 0 Å². The molecule has 1 aliphatic rings. The molecule has 1 aliphatic heterocycles. The van der Waals surface area contributed by atoms with Gasteiger partial charge in [0.1, 0.15) is 11.3 Å². The highest BCUT2D eigenvalue weighted by atomic mass is 16.3. The van der Waals surface area contributed by atoms with E-state index in [1.807, 2.05) is 54.6 Å². The van der Waals surface area contributed by atoms with E-state index in [-0.39, 0.29) is 11.8 Å². The second kappa shape index (κ2) is 9.62. The maximum Gasteiger partial charge on any atom is 0.246 e. The zero-order valence-corrected chi connectivity index (χ0v) is 17.7. The molecule has 160 valence electrons. The Morgan fingerprint density at radius 2 is 1.77 bits per heavy atom. The van der Waals surface area contributed by atoms with Gasteiger partial charge in [0.2, 0.25) is 11.8 Å². The summed E-state index contributed by atoms with van der Waals surface area (Å²) in [5, 5.41) is 4.03. The lowest BCUT2D eigenvalue weighted by Crippen LogP contribution is -2.50. The van der Waals surface area contributed by atoms with E-state index >= 15 is 0 Å². The van der Waals surface area contributed by atoms with Gasteiger partial charge in [0.15, 0.2) is 0 Å². The zero-order chi connectivity index (χ0) is 21.6. The standard InChI is InChI=1S/C25H27N3O3/c1-2-19-7-3-5-9-22(19)26-24(29)18-27-13-15-28(16-14-27)25(30)12-11-21-17-20-8-4-6-10-23(20)31-21/h3-12,17H,2,13-16,18H2,1H3,(H,26,29)/b12-11+. The molecule has 0 radical (unpaired) electrons. The largest absolute Gasteiger partial charge is 0.457 e. The average Bonchev–Trinajstić information content (AvgIpc) is 3.21. The minimum Gasteiger partial charge on any atom is -0.457 e. The predicted octanol–water partition coefficient (Wildman–Crippen LogP) is 3.79. The van der Waals surface area contributed by atoms with Crippen molar-refractivity contribution in [3.05, 3.63) is 72.0 Å². The molecule has 6 nitrogen and oxygen atoms in total. The number of hydrogen-bond acceptors (Lipinski definition) is 4. The van der Waals surface area contributed by atoms with Crippen molar-refractivity contribution >= 4 is 34.5 Å². The quantitative estimate of drug-likeness (QED) is 0.620. The second-order valence-electron chi connectivity index (χ2n) is 7.68. The third-order valence-electron chi connectivity index (χ3n) is 5.56. The molecule has 3 aromatic rings. The normalized spacial score (nSPS) is 14.9. The Hall–Kier alpha value is -3.38. The minimum absolute atomic E-state index is 0.0227. The summed E-state index contributed by atoms with van der Waals surface area (Å²) in [6.45, 7) is 4.95. The fourth-order valence-corrected chi connectivity index (χ4v) is 3.81. The van der Waals surface area contributed by atoms with Gasteiger partial charge in [-0.1, -0.05) is 43.3 Å². The van der Waals surface area contributed by atoms with Crippen molar-refractivity contribution < 1.29 is 14.0 Å². The molecule has 2 amide bonds. The second-order valence-corrected chi connectivity index (χ2v) is 7.68. The van der Waals surface area contributed by atoms with Crippen LogP contribution in [0.2, 0.25) is 0 Å². The Balaban J connectivity index is 1.26. The summed E-state index contributed by atoms with van der Waals surface area (Å²) >= 11 is 0. The van der Waals surface area contributed by atoms with Crippen molar-refractivity contribution in [3.63, 3.8) is 0 Å². The Kier molecular flexibility index (Phi) is 6.48. The number of benzene rings is 2. The van der Waals surface area contributed by atoms with E-state index in [0.29, 0.717) is 38.5 Å². The molecule has 0 aliphatic carbocycles. The van der Waals surface area contributed by atoms with E-state index in [4.69, 9.17) is 4.42 Å². The average molecular weight is 418 g/mol. The monoisotopic (exact) mass is 417 g/mol. The number of aryl methyl sites for hydroxylation is 1. The van der Waals surface area contributed by atoms with Crippen LogP contribution in [0, 0.1) is 0 Å². The molecule has 0 bridgehead atoms. The smallest absolute Gasteiger partial charge is 0.246 e. The number of carbonyl (C=O) groups excluding carboxylic acids is 2. The molecule has 0 atom stereocenters. The van der Waals surface area contributed by atoms with Crippen molar-refractivity contribution in [1.82, 2.24) is 9.80 Å². The first kappa shape index (κ1) is 20.9. The Bertz CT molecular complexity index is 1060. The molecule has 0 spiro atoms. The third-order valence-corrected chi connectivity index (χ3v) is 5.56. The van der Waals surface area contributed by atoms with E-state index in [9.17, 15) is 9.59 Å². The number of rotatable bonds is 6. The van der Waals surface area contributed by atoms with Crippen LogP contribution in [0.15, 0.2) is 65.1 Å². The highest BCUT2D eigenvalue weighted by Gasteiger charge is 2.21. The number of nitrogens with one attached hydrogen (secondary N) is 1. The van der Waals surface area contributed by atoms with Gasteiger partial charge < -0.3 is 14.6 Å². The van der Waals surface area contributed by atoms with Gasteiger partial charge in [-0.3, -0.25) is 14.5 Å². The van der Waals surface area contributed by atoms with E-state index in [1.54, 1.807) is 17.1 Å². The molecule has 2 aromatic carbocycles. The number of piperazine rings is 1. The van der Waals surface area contributed by atoms with Gasteiger partial charge in [0, 0.05) is 43.3 Å². The van der Waals surface area contributed by atoms with Crippen LogP contribution < -0.4 is 5.32 Å². The molecule has 1 aromatic heterocycles. The summed E-state index contributed by atoms with van der Waals surface area (Å²) in [6.07, 6.45) is 4.15. The molecular weight excluding hydrogens is 390 g/mol. The molecule has 31 heavy (non-hydrogen) atoms. The molecule has 1 saturated heterocycles. The van der Waals surface area contributed by atoms with Crippen molar-refractivity contribution in [2.24, 2.45) is 0 Å². The van der Waals surface area contributed by atoms with Gasteiger partial charge in [0.05, 0.1) is 6.54 Å². The molecule has 1 fully saturated rings. The Morgan fingerprint density at radius 3 is 2.55 bits per heavy atom. The lowest BCUT2D eigenvalue weighted by molar-refractivity contribution is -0.127. The predicted molar refractivity (Wildman–Crippen MR) is 123 cm³/mol. The molecule has 1 N–H and O–H groups in total. The first-order chi connectivity index (χ1) is 15.1. The van der Waals surface area contributed by atoms with E-state index < -0.39 is 0 Å². The number of anilines is 1. The van der Waals surface area contributed by atoms with Crippen LogP contribution in [0.4, 0.5) is 5.69 Å². The number of hydrogen-bond donors (Lipinski definition) is 1. The number of furan rings is 1. The van der Waals surface area contributed by atoms with Crippen LogP contribution in [0.25, 0.3) is 17.0 Å². The molecule has 4 rings (SSSR count). The van der Waals surface area contributed by atoms with Gasteiger partial charge in [-0.2, -0.15) is 0 Å². The first-order valence-electron chi connectivity index (χ1n) is 10.7. The van der Waals surface area contributed by atoms with Gasteiger partial charge >= 0.3 is 0 Å². The molecule has 0 saturated carbocycles. The fraction of sp³-hybridized carbons (Fsp3) is 0.280. The van der Waals surface area contributed by atoms with Crippen molar-refractivity contribution in [2.75, 3.05) is 38.0 Å². The van der Waals surface area contributed by atoms with Gasteiger partial charge in [-0.15, -0.1) is 0 Å². The fourth-order valence-electron chi connectivity index (χ4n) is 3.81. The Labute approximate surface area is 182 Å². The van der Waals surface area contributed by atoms with E-state index in [0.717, 1.165) is 28.6 Å². The number of nitrogens with zero attached hydrogens (tertiary/aromatic N) is 2. The van der Waals surface area contributed by atoms with Crippen LogP contribution in [-0.4, -0.2) is 54.3 Å². The number of carbonyl (C=O) groups is 2. The van der Waals surface area contributed by atoms with Gasteiger partial charge in [-0.05, 0) is 36.3 Å². The van der Waals surface area contributed by atoms with Crippen molar-refractivity contribution in [1.29, 1.82) is 0 Å². The lowest BCUT2D eigenvalue weighted by atomic mass is 10.1. The van der Waals surface area contributed by atoms with E-state index in [1.165, 1.54) is 0 Å². The number of fused-ring (bicyclic) bond motifs is 1. The van der Waals surface area contributed by atoms with Crippen LogP contribution in [0.1, 0.15) is 18.2 Å². The van der Waals surface area contributed by atoms with Crippen LogP contribution >= 0.6 is 0 Å². The minimum atomic E-state index is -0.0403. The summed E-state index contributed by atoms with van der Waals surface area (Å²) in [5.41, 5.74) is 2.81. The highest BCUT2D eigenvalue weighted by molar-refractivity contribution is 5.93. The Morgan fingerprint density at radius 1 is 1.03 bits per heavy atom. The molecular formula is C25H27N3O3.